The Hall–Kier alpha value is -2.73. The summed E-state index contributed by atoms with van der Waals surface area (Å²) in [7, 11) is 3.52. The molecule has 30 heavy (non-hydrogen) atoms. The number of nitrogens with zero attached hydrogens (tertiary/aromatic N) is 1. The average molecular weight is 412 g/mol. The quantitative estimate of drug-likeness (QED) is 0.652. The molecule has 6 heteroatoms. The van der Waals surface area contributed by atoms with Crippen LogP contribution >= 0.6 is 0 Å². The molecule has 0 radical (unpaired) electrons. The van der Waals surface area contributed by atoms with Crippen LogP contribution in [0.4, 0.5) is 5.69 Å². The maximum absolute atomic E-state index is 11.7. The first-order valence-electron chi connectivity index (χ1n) is 10.6. The fraction of sp³-hybridized carbons (Fsp3) is 0.458. The SMILES string of the molecule is CCCC(C=O)N(C)c1ccc(C2CCNCC2)c2cccc(C=O)c12.CNC=O. The van der Waals surface area contributed by atoms with E-state index < -0.39 is 0 Å². The molecule has 1 unspecified atom stereocenters. The molecule has 2 aromatic rings. The van der Waals surface area contributed by atoms with Crippen molar-refractivity contribution in [2.75, 3.05) is 32.1 Å². The lowest BCUT2D eigenvalue weighted by Crippen LogP contribution is -2.33. The molecule has 1 atom stereocenters. The van der Waals surface area contributed by atoms with Crippen LogP contribution in [0.5, 0.6) is 0 Å². The van der Waals surface area contributed by atoms with Crippen LogP contribution in [0.25, 0.3) is 10.8 Å². The van der Waals surface area contributed by atoms with Gasteiger partial charge in [0.05, 0.1) is 6.04 Å². The summed E-state index contributed by atoms with van der Waals surface area (Å²) >= 11 is 0. The number of hydrogen-bond acceptors (Lipinski definition) is 5. The molecular weight excluding hydrogens is 378 g/mol. The van der Waals surface area contributed by atoms with Crippen LogP contribution in [0.1, 0.15) is 54.4 Å². The molecule has 1 heterocycles. The molecule has 1 aliphatic heterocycles. The Bertz CT molecular complexity index is 847. The Morgan fingerprint density at radius 2 is 1.87 bits per heavy atom. The van der Waals surface area contributed by atoms with Crippen LogP contribution in [-0.2, 0) is 9.59 Å². The highest BCUT2D eigenvalue weighted by atomic mass is 16.1. The van der Waals surface area contributed by atoms with Gasteiger partial charge >= 0.3 is 0 Å². The van der Waals surface area contributed by atoms with E-state index in [0.717, 1.165) is 67.8 Å². The van der Waals surface area contributed by atoms with Gasteiger partial charge in [-0.05, 0) is 55.3 Å². The van der Waals surface area contributed by atoms with Gasteiger partial charge in [-0.2, -0.15) is 0 Å². The number of carbonyl (C=O) groups excluding carboxylic acids is 3. The number of hydrogen-bond donors (Lipinski definition) is 2. The van der Waals surface area contributed by atoms with Crippen molar-refractivity contribution in [1.29, 1.82) is 0 Å². The summed E-state index contributed by atoms with van der Waals surface area (Å²) in [6.45, 7) is 4.15. The van der Waals surface area contributed by atoms with Gasteiger partial charge in [-0.25, -0.2) is 0 Å². The Morgan fingerprint density at radius 3 is 2.43 bits per heavy atom. The molecule has 1 fully saturated rings. The highest BCUT2D eigenvalue weighted by molar-refractivity contribution is 6.07. The number of aldehydes is 2. The first-order chi connectivity index (χ1) is 14.6. The van der Waals surface area contributed by atoms with Gasteiger partial charge in [0.1, 0.15) is 6.29 Å². The lowest BCUT2D eigenvalue weighted by molar-refractivity contribution is -0.109. The van der Waals surface area contributed by atoms with E-state index in [1.54, 1.807) is 7.05 Å². The Labute approximate surface area is 179 Å². The number of amides is 1. The number of likely N-dealkylation sites (N-methyl/N-ethyl adjacent to an activating group) is 1. The van der Waals surface area contributed by atoms with Crippen LogP contribution < -0.4 is 15.5 Å². The van der Waals surface area contributed by atoms with E-state index in [1.807, 2.05) is 24.1 Å². The summed E-state index contributed by atoms with van der Waals surface area (Å²) in [5.74, 6) is 0.512. The van der Waals surface area contributed by atoms with Gasteiger partial charge < -0.3 is 20.3 Å². The Kier molecular flexibility index (Phi) is 9.48. The second kappa shape index (κ2) is 12.1. The molecule has 2 N–H and O–H groups in total. The third-order valence-electron chi connectivity index (χ3n) is 5.73. The van der Waals surface area contributed by atoms with Crippen molar-refractivity contribution >= 4 is 35.4 Å². The summed E-state index contributed by atoms with van der Waals surface area (Å²) in [4.78, 5) is 34.4. The number of nitrogens with one attached hydrogen (secondary N) is 2. The van der Waals surface area contributed by atoms with Crippen molar-refractivity contribution < 1.29 is 14.4 Å². The molecule has 162 valence electrons. The molecule has 0 aliphatic carbocycles. The van der Waals surface area contributed by atoms with Crippen LogP contribution in [-0.4, -0.2) is 52.2 Å². The van der Waals surface area contributed by atoms with Gasteiger partial charge in [0, 0.05) is 30.7 Å². The standard InChI is InChI=1S/C22H28N2O2.C2H5NO/c1-3-5-18(15-26)24(2)21-9-8-19(16-10-12-23-13-11-16)20-7-4-6-17(14-25)22(20)21;1-3-2-4/h4,6-9,14-16,18,23H,3,5,10-13H2,1-2H3;2H,1H3,(H,3,4). The molecule has 0 spiro atoms. The van der Waals surface area contributed by atoms with Crippen LogP contribution in [0, 0.1) is 0 Å². The van der Waals surface area contributed by atoms with Crippen LogP contribution in [0.15, 0.2) is 30.3 Å². The molecule has 3 rings (SSSR count). The topological polar surface area (TPSA) is 78.5 Å². The molecule has 1 aliphatic rings. The molecular formula is C24H33N3O3. The largest absolute Gasteiger partial charge is 0.364 e. The van der Waals surface area contributed by atoms with E-state index in [9.17, 15) is 9.59 Å². The van der Waals surface area contributed by atoms with Crippen molar-refractivity contribution in [2.24, 2.45) is 0 Å². The molecule has 0 saturated carbocycles. The highest BCUT2D eigenvalue weighted by Gasteiger charge is 2.22. The van der Waals surface area contributed by atoms with Gasteiger partial charge in [-0.1, -0.05) is 37.6 Å². The van der Waals surface area contributed by atoms with Gasteiger partial charge in [-0.15, -0.1) is 0 Å². The minimum absolute atomic E-state index is 0.173. The molecule has 1 amide bonds. The van der Waals surface area contributed by atoms with Gasteiger partial charge in [0.25, 0.3) is 0 Å². The summed E-state index contributed by atoms with van der Waals surface area (Å²) in [6, 6.07) is 10.1. The number of fused-ring (bicyclic) bond motifs is 1. The minimum Gasteiger partial charge on any atom is -0.364 e. The molecule has 6 nitrogen and oxygen atoms in total. The maximum Gasteiger partial charge on any atom is 0.206 e. The van der Waals surface area contributed by atoms with Crippen molar-refractivity contribution in [2.45, 2.75) is 44.6 Å². The van der Waals surface area contributed by atoms with E-state index in [0.29, 0.717) is 17.9 Å². The smallest absolute Gasteiger partial charge is 0.206 e. The van der Waals surface area contributed by atoms with Gasteiger partial charge in [-0.3, -0.25) is 9.59 Å². The predicted molar refractivity (Wildman–Crippen MR) is 122 cm³/mol. The van der Waals surface area contributed by atoms with Crippen molar-refractivity contribution in [3.8, 4) is 0 Å². The third-order valence-corrected chi connectivity index (χ3v) is 5.73. The number of benzene rings is 2. The van der Waals surface area contributed by atoms with Gasteiger partial charge in [0.15, 0.2) is 6.29 Å². The summed E-state index contributed by atoms with van der Waals surface area (Å²) in [5, 5.41) is 7.79. The first-order valence-corrected chi connectivity index (χ1v) is 10.6. The number of piperidine rings is 1. The van der Waals surface area contributed by atoms with Crippen molar-refractivity contribution in [3.05, 3.63) is 41.5 Å². The van der Waals surface area contributed by atoms with E-state index in [1.165, 1.54) is 5.56 Å². The fourth-order valence-electron chi connectivity index (χ4n) is 4.15. The van der Waals surface area contributed by atoms with Crippen LogP contribution in [0.3, 0.4) is 0 Å². The van der Waals surface area contributed by atoms with E-state index in [2.05, 4.69) is 35.8 Å². The molecule has 2 aromatic carbocycles. The number of carbonyl (C=O) groups is 3. The predicted octanol–water partition coefficient (Wildman–Crippen LogP) is 3.29. The highest BCUT2D eigenvalue weighted by Crippen LogP contribution is 2.38. The zero-order chi connectivity index (χ0) is 21.9. The van der Waals surface area contributed by atoms with Gasteiger partial charge in [0.2, 0.25) is 6.41 Å². The zero-order valence-electron chi connectivity index (χ0n) is 18.2. The summed E-state index contributed by atoms with van der Waals surface area (Å²) < 4.78 is 0. The third kappa shape index (κ3) is 5.45. The Balaban J connectivity index is 0.000000735. The maximum atomic E-state index is 11.7. The normalized spacial score (nSPS) is 14.9. The number of rotatable bonds is 8. The van der Waals surface area contributed by atoms with E-state index >= 15 is 0 Å². The van der Waals surface area contributed by atoms with E-state index in [4.69, 9.17) is 4.79 Å². The summed E-state index contributed by atoms with van der Waals surface area (Å²) in [6.07, 6.45) is 6.55. The first kappa shape index (κ1) is 23.5. The van der Waals surface area contributed by atoms with Crippen LogP contribution in [0.2, 0.25) is 0 Å². The number of anilines is 1. The second-order valence-corrected chi connectivity index (χ2v) is 7.60. The lowest BCUT2D eigenvalue weighted by Gasteiger charge is -2.30. The second-order valence-electron chi connectivity index (χ2n) is 7.60. The molecule has 0 aromatic heterocycles. The fourth-order valence-corrected chi connectivity index (χ4v) is 4.15. The zero-order valence-corrected chi connectivity index (χ0v) is 18.2. The van der Waals surface area contributed by atoms with Crippen molar-refractivity contribution in [3.63, 3.8) is 0 Å². The Morgan fingerprint density at radius 1 is 1.17 bits per heavy atom. The monoisotopic (exact) mass is 411 g/mol. The lowest BCUT2D eigenvalue weighted by atomic mass is 9.85. The molecule has 1 saturated heterocycles. The minimum atomic E-state index is -0.173. The van der Waals surface area contributed by atoms with E-state index in [-0.39, 0.29) is 6.04 Å². The average Bonchev–Trinajstić information content (AvgIpc) is 2.81. The molecule has 0 bridgehead atoms. The van der Waals surface area contributed by atoms with Crippen molar-refractivity contribution in [1.82, 2.24) is 10.6 Å². The summed E-state index contributed by atoms with van der Waals surface area (Å²) in [5.41, 5.74) is 2.98.